The molecule has 2 rings (SSSR count). The summed E-state index contributed by atoms with van der Waals surface area (Å²) >= 11 is 0. The van der Waals surface area contributed by atoms with Crippen LogP contribution in [0.15, 0.2) is 24.3 Å². The van der Waals surface area contributed by atoms with Gasteiger partial charge in [0.2, 0.25) is 0 Å². The van der Waals surface area contributed by atoms with E-state index in [1.807, 2.05) is 0 Å². The number of benzene rings is 1. The molecule has 0 radical (unpaired) electrons. The second-order valence-electron chi connectivity index (χ2n) is 6.43. The fourth-order valence-corrected chi connectivity index (χ4v) is 3.59. The maximum atomic E-state index is 6.55. The van der Waals surface area contributed by atoms with Gasteiger partial charge in [0.05, 0.1) is 0 Å². The summed E-state index contributed by atoms with van der Waals surface area (Å²) in [5.74, 6) is 0.699. The molecule has 0 aromatic heterocycles. The van der Waals surface area contributed by atoms with Crippen LogP contribution in [0.5, 0.6) is 0 Å². The Morgan fingerprint density at radius 2 is 1.80 bits per heavy atom. The van der Waals surface area contributed by atoms with Gasteiger partial charge in [-0.3, -0.25) is 0 Å². The molecule has 0 spiro atoms. The molecule has 0 heterocycles. The Balaban J connectivity index is 1.80. The molecule has 1 heteroatoms. The third-order valence-electron chi connectivity index (χ3n) is 4.87. The van der Waals surface area contributed by atoms with Gasteiger partial charge in [-0.2, -0.15) is 0 Å². The van der Waals surface area contributed by atoms with E-state index < -0.39 is 0 Å². The van der Waals surface area contributed by atoms with E-state index in [2.05, 4.69) is 31.2 Å². The molecule has 1 aliphatic carbocycles. The van der Waals surface area contributed by atoms with Crippen LogP contribution in [0.3, 0.4) is 0 Å². The molecule has 0 saturated heterocycles. The summed E-state index contributed by atoms with van der Waals surface area (Å²) in [6.07, 6.45) is 13.5. The van der Waals surface area contributed by atoms with E-state index in [-0.39, 0.29) is 6.04 Å². The zero-order chi connectivity index (χ0) is 14.2. The van der Waals surface area contributed by atoms with Crippen molar-refractivity contribution in [1.82, 2.24) is 0 Å². The van der Waals surface area contributed by atoms with E-state index in [0.717, 1.165) is 0 Å². The average Bonchev–Trinajstić information content (AvgIpc) is 2.63. The second-order valence-corrected chi connectivity index (χ2v) is 6.43. The van der Waals surface area contributed by atoms with Gasteiger partial charge in [-0.05, 0) is 42.7 Å². The van der Waals surface area contributed by atoms with E-state index in [1.165, 1.54) is 75.3 Å². The van der Waals surface area contributed by atoms with Crippen molar-refractivity contribution in [2.75, 3.05) is 0 Å². The van der Waals surface area contributed by atoms with Crippen molar-refractivity contribution in [1.29, 1.82) is 0 Å². The van der Waals surface area contributed by atoms with E-state index in [0.29, 0.717) is 5.92 Å². The summed E-state index contributed by atoms with van der Waals surface area (Å²) in [6, 6.07) is 9.08. The molecule has 2 N–H and O–H groups in total. The summed E-state index contributed by atoms with van der Waals surface area (Å²) in [4.78, 5) is 0. The zero-order valence-electron chi connectivity index (χ0n) is 13.1. The number of hydrogen-bond acceptors (Lipinski definition) is 1. The van der Waals surface area contributed by atoms with Crippen molar-refractivity contribution in [3.63, 3.8) is 0 Å². The molecule has 2 atom stereocenters. The lowest BCUT2D eigenvalue weighted by Gasteiger charge is -2.23. The zero-order valence-corrected chi connectivity index (χ0v) is 13.1. The molecule has 1 aromatic rings. The quantitative estimate of drug-likeness (QED) is 0.523. The Morgan fingerprint density at radius 3 is 2.65 bits per heavy atom. The van der Waals surface area contributed by atoms with Crippen LogP contribution in [0.2, 0.25) is 0 Å². The molecule has 0 bridgehead atoms. The first-order valence-corrected chi connectivity index (χ1v) is 8.66. The minimum absolute atomic E-state index is 0.268. The summed E-state index contributed by atoms with van der Waals surface area (Å²) < 4.78 is 0. The molecule has 1 aromatic carbocycles. The molecular formula is C19H31N. The van der Waals surface area contributed by atoms with Crippen molar-refractivity contribution in [2.45, 2.75) is 77.2 Å². The standard InChI is InChI=1S/C19H31N/c1-2-3-4-5-6-7-12-17-14-10-13-16-11-8-9-15-18(16)19(17)20/h8-9,11,15,17,19H,2-7,10,12-14,20H2,1H3. The smallest absolute Gasteiger partial charge is 0.0326 e. The van der Waals surface area contributed by atoms with E-state index in [1.54, 1.807) is 0 Å². The molecule has 112 valence electrons. The van der Waals surface area contributed by atoms with Gasteiger partial charge in [0.1, 0.15) is 0 Å². The van der Waals surface area contributed by atoms with Gasteiger partial charge >= 0.3 is 0 Å². The maximum Gasteiger partial charge on any atom is 0.0326 e. The number of rotatable bonds is 7. The lowest BCUT2D eigenvalue weighted by Crippen LogP contribution is -2.21. The van der Waals surface area contributed by atoms with Crippen LogP contribution in [-0.2, 0) is 6.42 Å². The average molecular weight is 273 g/mol. The van der Waals surface area contributed by atoms with E-state index in [9.17, 15) is 0 Å². The van der Waals surface area contributed by atoms with Crippen LogP contribution in [0.4, 0.5) is 0 Å². The largest absolute Gasteiger partial charge is 0.324 e. The highest BCUT2D eigenvalue weighted by atomic mass is 14.7. The first kappa shape index (κ1) is 15.6. The third kappa shape index (κ3) is 4.34. The first-order chi connectivity index (χ1) is 9.83. The topological polar surface area (TPSA) is 26.0 Å². The van der Waals surface area contributed by atoms with Crippen LogP contribution < -0.4 is 5.73 Å². The number of aryl methyl sites for hydroxylation is 1. The molecule has 0 aliphatic heterocycles. The van der Waals surface area contributed by atoms with E-state index >= 15 is 0 Å². The van der Waals surface area contributed by atoms with Crippen molar-refractivity contribution >= 4 is 0 Å². The molecule has 0 fully saturated rings. The number of hydrogen-bond donors (Lipinski definition) is 1. The van der Waals surface area contributed by atoms with Crippen LogP contribution >= 0.6 is 0 Å². The lowest BCUT2D eigenvalue weighted by molar-refractivity contribution is 0.361. The third-order valence-corrected chi connectivity index (χ3v) is 4.87. The molecule has 0 amide bonds. The Kier molecular flexibility index (Phi) is 6.59. The van der Waals surface area contributed by atoms with Gasteiger partial charge in [0, 0.05) is 6.04 Å². The molecule has 1 aliphatic rings. The maximum absolute atomic E-state index is 6.55. The van der Waals surface area contributed by atoms with Gasteiger partial charge in [0.25, 0.3) is 0 Å². The minimum atomic E-state index is 0.268. The fourth-order valence-electron chi connectivity index (χ4n) is 3.59. The van der Waals surface area contributed by atoms with Crippen LogP contribution in [0.1, 0.15) is 81.9 Å². The number of nitrogens with two attached hydrogens (primary N) is 1. The van der Waals surface area contributed by atoms with Gasteiger partial charge in [0.15, 0.2) is 0 Å². The molecule has 20 heavy (non-hydrogen) atoms. The summed E-state index contributed by atoms with van der Waals surface area (Å²) in [5.41, 5.74) is 9.46. The van der Waals surface area contributed by atoms with Crippen LogP contribution in [-0.4, -0.2) is 0 Å². The normalized spacial score (nSPS) is 22.3. The van der Waals surface area contributed by atoms with Gasteiger partial charge < -0.3 is 5.73 Å². The summed E-state index contributed by atoms with van der Waals surface area (Å²) in [5, 5.41) is 0. The van der Waals surface area contributed by atoms with Crippen LogP contribution in [0, 0.1) is 5.92 Å². The van der Waals surface area contributed by atoms with Crippen molar-refractivity contribution in [3.05, 3.63) is 35.4 Å². The molecule has 0 saturated carbocycles. The second kappa shape index (κ2) is 8.46. The number of fused-ring (bicyclic) bond motifs is 1. The van der Waals surface area contributed by atoms with Crippen LogP contribution in [0.25, 0.3) is 0 Å². The van der Waals surface area contributed by atoms with Crippen molar-refractivity contribution in [2.24, 2.45) is 11.7 Å². The SMILES string of the molecule is CCCCCCCCC1CCCc2ccccc2C1N. The monoisotopic (exact) mass is 273 g/mol. The van der Waals surface area contributed by atoms with Crippen molar-refractivity contribution in [3.8, 4) is 0 Å². The van der Waals surface area contributed by atoms with E-state index in [4.69, 9.17) is 5.73 Å². The molecule has 1 nitrogen and oxygen atoms in total. The highest BCUT2D eigenvalue weighted by molar-refractivity contribution is 5.31. The molecular weight excluding hydrogens is 242 g/mol. The Bertz CT molecular complexity index is 385. The first-order valence-electron chi connectivity index (χ1n) is 8.66. The van der Waals surface area contributed by atoms with Gasteiger partial charge in [-0.25, -0.2) is 0 Å². The Morgan fingerprint density at radius 1 is 1.05 bits per heavy atom. The predicted octanol–water partition coefficient (Wildman–Crippen LogP) is 5.39. The van der Waals surface area contributed by atoms with Gasteiger partial charge in [-0.1, -0.05) is 69.7 Å². The Hall–Kier alpha value is -0.820. The fraction of sp³-hybridized carbons (Fsp3) is 0.684. The summed E-state index contributed by atoms with van der Waals surface area (Å²) in [7, 11) is 0. The number of unbranched alkanes of at least 4 members (excludes halogenated alkanes) is 5. The van der Waals surface area contributed by atoms with Gasteiger partial charge in [-0.15, -0.1) is 0 Å². The predicted molar refractivity (Wildman–Crippen MR) is 87.8 cm³/mol. The van der Waals surface area contributed by atoms with Crippen molar-refractivity contribution < 1.29 is 0 Å². The minimum Gasteiger partial charge on any atom is -0.324 e. The summed E-state index contributed by atoms with van der Waals surface area (Å²) in [6.45, 7) is 2.28. The Labute approximate surface area is 125 Å². The highest BCUT2D eigenvalue weighted by Gasteiger charge is 2.23. The molecule has 2 unspecified atom stereocenters. The lowest BCUT2D eigenvalue weighted by atomic mass is 9.87. The highest BCUT2D eigenvalue weighted by Crippen LogP contribution is 2.34.